The normalized spacial score (nSPS) is 19.8. The molecule has 2 unspecified atom stereocenters. The molecule has 2 amide bonds. The first-order valence-electron chi connectivity index (χ1n) is 13.4. The lowest BCUT2D eigenvalue weighted by atomic mass is 10.1. The maximum absolute atomic E-state index is 13.8. The Hall–Kier alpha value is -3.30. The molecule has 9 heteroatoms. The van der Waals surface area contributed by atoms with E-state index in [1.165, 1.54) is 0 Å². The third-order valence-electron chi connectivity index (χ3n) is 7.72. The van der Waals surface area contributed by atoms with E-state index < -0.39 is 0 Å². The topological polar surface area (TPSA) is 94.6 Å². The van der Waals surface area contributed by atoms with Gasteiger partial charge in [-0.15, -0.1) is 0 Å². The molecular formula is C29H40N4O5. The molecule has 2 aromatic carbocycles. The van der Waals surface area contributed by atoms with Crippen LogP contribution in [0.3, 0.4) is 0 Å². The number of phenols is 1. The molecule has 0 spiro atoms. The SMILES string of the molecule is CCC(=O)N(Cc1cccc(OC)c1)C1CC(C(=O)N2CCNCC2)N(Cc2ccc(O)c(OC)c2C)C1. The third-order valence-corrected chi connectivity index (χ3v) is 7.72. The number of amides is 2. The van der Waals surface area contributed by atoms with Gasteiger partial charge in [0.25, 0.3) is 0 Å². The minimum Gasteiger partial charge on any atom is -0.504 e. The third kappa shape index (κ3) is 6.05. The minimum absolute atomic E-state index is 0.0653. The fourth-order valence-electron chi connectivity index (χ4n) is 5.59. The van der Waals surface area contributed by atoms with Crippen LogP contribution in [-0.4, -0.2) is 90.6 Å². The van der Waals surface area contributed by atoms with Crippen LogP contribution in [0.4, 0.5) is 0 Å². The first-order valence-corrected chi connectivity index (χ1v) is 13.4. The van der Waals surface area contributed by atoms with Gasteiger partial charge in [0, 0.05) is 58.3 Å². The second kappa shape index (κ2) is 12.5. The van der Waals surface area contributed by atoms with Gasteiger partial charge in [-0.3, -0.25) is 14.5 Å². The highest BCUT2D eigenvalue weighted by molar-refractivity contribution is 5.83. The zero-order chi connectivity index (χ0) is 27.2. The Morgan fingerprint density at radius 1 is 1.13 bits per heavy atom. The maximum Gasteiger partial charge on any atom is 0.240 e. The van der Waals surface area contributed by atoms with Crippen LogP contribution >= 0.6 is 0 Å². The summed E-state index contributed by atoms with van der Waals surface area (Å²) in [5, 5.41) is 13.5. The average molecular weight is 525 g/mol. The zero-order valence-corrected chi connectivity index (χ0v) is 22.9. The van der Waals surface area contributed by atoms with Crippen LogP contribution < -0.4 is 14.8 Å². The lowest BCUT2D eigenvalue weighted by molar-refractivity contribution is -0.137. The van der Waals surface area contributed by atoms with Crippen LogP contribution in [0.15, 0.2) is 36.4 Å². The highest BCUT2D eigenvalue weighted by Crippen LogP contribution is 2.34. The average Bonchev–Trinajstić information content (AvgIpc) is 3.36. The smallest absolute Gasteiger partial charge is 0.240 e. The number of carbonyl (C=O) groups is 2. The zero-order valence-electron chi connectivity index (χ0n) is 22.9. The van der Waals surface area contributed by atoms with Gasteiger partial charge in [-0.05, 0) is 48.2 Å². The van der Waals surface area contributed by atoms with E-state index in [0.717, 1.165) is 35.5 Å². The van der Waals surface area contributed by atoms with E-state index in [-0.39, 0.29) is 29.6 Å². The van der Waals surface area contributed by atoms with Gasteiger partial charge < -0.3 is 29.7 Å². The molecule has 9 nitrogen and oxygen atoms in total. The van der Waals surface area contributed by atoms with Crippen LogP contribution in [0, 0.1) is 6.92 Å². The molecule has 2 saturated heterocycles. The van der Waals surface area contributed by atoms with Gasteiger partial charge in [-0.25, -0.2) is 0 Å². The van der Waals surface area contributed by atoms with Gasteiger partial charge in [0.05, 0.1) is 20.3 Å². The molecule has 2 N–H and O–H groups in total. The summed E-state index contributed by atoms with van der Waals surface area (Å²) in [5.74, 6) is 1.48. The Morgan fingerprint density at radius 3 is 2.58 bits per heavy atom. The van der Waals surface area contributed by atoms with E-state index >= 15 is 0 Å². The molecule has 0 radical (unpaired) electrons. The quantitative estimate of drug-likeness (QED) is 0.521. The molecule has 0 aromatic heterocycles. The number of piperazine rings is 1. The van der Waals surface area contributed by atoms with Crippen LogP contribution in [0.2, 0.25) is 0 Å². The van der Waals surface area contributed by atoms with Gasteiger partial charge in [0.1, 0.15) is 5.75 Å². The molecule has 38 heavy (non-hydrogen) atoms. The van der Waals surface area contributed by atoms with Crippen molar-refractivity contribution < 1.29 is 24.2 Å². The molecule has 4 rings (SSSR count). The summed E-state index contributed by atoms with van der Waals surface area (Å²) in [6.45, 7) is 8.30. The Labute approximate surface area is 225 Å². The fraction of sp³-hybridized carbons (Fsp3) is 0.517. The van der Waals surface area contributed by atoms with E-state index in [0.29, 0.717) is 51.3 Å². The number of carbonyl (C=O) groups excluding carboxylic acids is 2. The van der Waals surface area contributed by atoms with Gasteiger partial charge in [0.15, 0.2) is 11.5 Å². The Kier molecular flexibility index (Phi) is 9.12. The fourth-order valence-corrected chi connectivity index (χ4v) is 5.59. The first kappa shape index (κ1) is 27.7. The Bertz CT molecular complexity index is 1130. The van der Waals surface area contributed by atoms with E-state index in [4.69, 9.17) is 9.47 Å². The second-order valence-corrected chi connectivity index (χ2v) is 10.0. The van der Waals surface area contributed by atoms with Crippen LogP contribution in [0.25, 0.3) is 0 Å². The predicted octanol–water partition coefficient (Wildman–Crippen LogP) is 2.53. The Morgan fingerprint density at radius 2 is 1.89 bits per heavy atom. The largest absolute Gasteiger partial charge is 0.504 e. The molecule has 2 aliphatic heterocycles. The summed E-state index contributed by atoms with van der Waals surface area (Å²) in [6, 6.07) is 10.9. The van der Waals surface area contributed by atoms with Crippen molar-refractivity contribution in [3.05, 3.63) is 53.1 Å². The van der Waals surface area contributed by atoms with E-state index in [9.17, 15) is 14.7 Å². The van der Waals surface area contributed by atoms with E-state index in [1.807, 2.05) is 54.0 Å². The number of phenolic OH excluding ortho intramolecular Hbond substituents is 1. The first-order chi connectivity index (χ1) is 18.4. The van der Waals surface area contributed by atoms with Crippen LogP contribution in [0.5, 0.6) is 17.2 Å². The number of benzene rings is 2. The lowest BCUT2D eigenvalue weighted by Gasteiger charge is -2.33. The number of methoxy groups -OCH3 is 2. The molecule has 0 saturated carbocycles. The molecule has 2 atom stereocenters. The summed E-state index contributed by atoms with van der Waals surface area (Å²) in [6.07, 6.45) is 0.970. The number of likely N-dealkylation sites (tertiary alicyclic amines) is 1. The standard InChI is InChI=1S/C29H40N4O5/c1-5-27(35)33(17-21-7-6-8-24(15-21)37-3)23-16-25(29(36)31-13-11-30-12-14-31)32(19-23)18-22-9-10-26(34)28(38-4)20(22)2/h6-10,15,23,25,30,34H,5,11-14,16-19H2,1-4H3. The van der Waals surface area contributed by atoms with Crippen molar-refractivity contribution in [3.63, 3.8) is 0 Å². The van der Waals surface area contributed by atoms with Crippen molar-refractivity contribution in [3.8, 4) is 17.2 Å². The van der Waals surface area contributed by atoms with Crippen molar-refractivity contribution in [1.29, 1.82) is 0 Å². The maximum atomic E-state index is 13.8. The summed E-state index contributed by atoms with van der Waals surface area (Å²) >= 11 is 0. The minimum atomic E-state index is -0.338. The molecule has 2 heterocycles. The monoisotopic (exact) mass is 524 g/mol. The number of rotatable bonds is 9. The van der Waals surface area contributed by atoms with E-state index in [1.54, 1.807) is 20.3 Å². The molecule has 2 aliphatic rings. The number of aromatic hydroxyl groups is 1. The molecule has 2 fully saturated rings. The second-order valence-electron chi connectivity index (χ2n) is 10.0. The summed E-state index contributed by atoms with van der Waals surface area (Å²) in [7, 11) is 3.18. The lowest BCUT2D eigenvalue weighted by Crippen LogP contribution is -2.52. The molecule has 206 valence electrons. The van der Waals surface area contributed by atoms with Gasteiger partial charge >= 0.3 is 0 Å². The Balaban J connectivity index is 1.62. The van der Waals surface area contributed by atoms with Crippen molar-refractivity contribution in [2.75, 3.05) is 46.9 Å². The van der Waals surface area contributed by atoms with Crippen LogP contribution in [0.1, 0.15) is 36.5 Å². The highest BCUT2D eigenvalue weighted by atomic mass is 16.5. The van der Waals surface area contributed by atoms with Crippen molar-refractivity contribution >= 4 is 11.8 Å². The summed E-state index contributed by atoms with van der Waals surface area (Å²) < 4.78 is 10.8. The number of hydrogen-bond donors (Lipinski definition) is 2. The molecule has 0 bridgehead atoms. The molecule has 2 aromatic rings. The highest BCUT2D eigenvalue weighted by Gasteiger charge is 2.42. The number of hydrogen-bond acceptors (Lipinski definition) is 7. The summed E-state index contributed by atoms with van der Waals surface area (Å²) in [4.78, 5) is 33.0. The number of nitrogens with one attached hydrogen (secondary N) is 1. The van der Waals surface area contributed by atoms with Gasteiger partial charge in [-0.2, -0.15) is 0 Å². The van der Waals surface area contributed by atoms with Gasteiger partial charge in [0.2, 0.25) is 11.8 Å². The van der Waals surface area contributed by atoms with Crippen molar-refractivity contribution in [1.82, 2.24) is 20.0 Å². The van der Waals surface area contributed by atoms with Crippen LogP contribution in [-0.2, 0) is 22.7 Å². The number of nitrogens with zero attached hydrogens (tertiary/aromatic N) is 3. The summed E-state index contributed by atoms with van der Waals surface area (Å²) in [5.41, 5.74) is 2.83. The van der Waals surface area contributed by atoms with Gasteiger partial charge in [-0.1, -0.05) is 25.1 Å². The predicted molar refractivity (Wildman–Crippen MR) is 145 cm³/mol. The van der Waals surface area contributed by atoms with Crippen molar-refractivity contribution in [2.45, 2.75) is 51.9 Å². The number of ether oxygens (including phenoxy) is 2. The molecule has 0 aliphatic carbocycles. The molecular weight excluding hydrogens is 484 g/mol. The van der Waals surface area contributed by atoms with Crippen molar-refractivity contribution in [2.24, 2.45) is 0 Å². The van der Waals surface area contributed by atoms with E-state index in [2.05, 4.69) is 10.2 Å².